The van der Waals surface area contributed by atoms with E-state index in [2.05, 4.69) is 0 Å². The molecule has 20 heavy (non-hydrogen) atoms. The lowest BCUT2D eigenvalue weighted by Crippen LogP contribution is -2.28. The third-order valence-corrected chi connectivity index (χ3v) is 6.72. The quantitative estimate of drug-likeness (QED) is 0.846. The smallest absolute Gasteiger partial charge is 0.266 e. The fourth-order valence-electron chi connectivity index (χ4n) is 2.26. The van der Waals surface area contributed by atoms with Crippen molar-refractivity contribution >= 4 is 55.9 Å². The predicted molar refractivity (Wildman–Crippen MR) is 83.4 cm³/mol. The third-order valence-electron chi connectivity index (χ3n) is 3.15. The van der Waals surface area contributed by atoms with Crippen molar-refractivity contribution < 1.29 is 8.42 Å². The summed E-state index contributed by atoms with van der Waals surface area (Å²) in [4.78, 5) is 0.0545. The van der Waals surface area contributed by atoms with Crippen molar-refractivity contribution in [2.75, 3.05) is 16.6 Å². The number of halogens is 2. The second-order valence-electron chi connectivity index (χ2n) is 4.40. The van der Waals surface area contributed by atoms with Crippen LogP contribution in [0.4, 0.5) is 11.4 Å². The van der Waals surface area contributed by atoms with Crippen LogP contribution in [0, 0.1) is 0 Å². The highest BCUT2D eigenvalue weighted by Crippen LogP contribution is 2.39. The maximum absolute atomic E-state index is 12.7. The van der Waals surface area contributed by atoms with Crippen molar-refractivity contribution in [2.45, 2.75) is 11.3 Å². The zero-order chi connectivity index (χ0) is 14.5. The minimum Gasteiger partial charge on any atom is -0.399 e. The van der Waals surface area contributed by atoms with Gasteiger partial charge in [0.25, 0.3) is 10.0 Å². The minimum absolute atomic E-state index is 0.0545. The van der Waals surface area contributed by atoms with Crippen molar-refractivity contribution in [3.63, 3.8) is 0 Å². The van der Waals surface area contributed by atoms with Gasteiger partial charge in [-0.3, -0.25) is 4.31 Å². The second-order valence-corrected chi connectivity index (χ2v) is 8.52. The molecule has 0 amide bonds. The Morgan fingerprint density at radius 1 is 1.25 bits per heavy atom. The lowest BCUT2D eigenvalue weighted by molar-refractivity contribution is 0.593. The summed E-state index contributed by atoms with van der Waals surface area (Å²) >= 11 is 12.8. The molecule has 1 aliphatic heterocycles. The van der Waals surface area contributed by atoms with Crippen LogP contribution in [0.3, 0.4) is 0 Å². The molecular weight excluding hydrogens is 339 g/mol. The highest BCUT2D eigenvalue weighted by atomic mass is 35.5. The normalized spacial score (nSPS) is 14.6. The highest BCUT2D eigenvalue weighted by molar-refractivity contribution is 7.93. The third kappa shape index (κ3) is 2.16. The molecule has 0 atom stereocenters. The standard InChI is InChI=1S/C12H10Cl2N2O2S2/c13-11-6-10(12(14)19-11)20(17,18)16-4-3-7-5-8(15)1-2-9(7)16/h1-2,5-6H,3-4,15H2. The summed E-state index contributed by atoms with van der Waals surface area (Å²) in [6.07, 6.45) is 0.634. The molecule has 0 fully saturated rings. The summed E-state index contributed by atoms with van der Waals surface area (Å²) in [5, 5.41) is 0. The number of nitrogen functional groups attached to an aromatic ring is 1. The second kappa shape index (κ2) is 4.80. The number of rotatable bonds is 2. The van der Waals surface area contributed by atoms with E-state index in [4.69, 9.17) is 28.9 Å². The molecule has 0 saturated heterocycles. The topological polar surface area (TPSA) is 63.4 Å². The SMILES string of the molecule is Nc1ccc2c(c1)CCN2S(=O)(=O)c1cc(Cl)sc1Cl. The van der Waals surface area contributed by atoms with Gasteiger partial charge < -0.3 is 5.73 Å². The Balaban J connectivity index is 2.09. The molecule has 1 aliphatic rings. The number of thiophene rings is 1. The zero-order valence-corrected chi connectivity index (χ0v) is 13.3. The number of anilines is 2. The Morgan fingerprint density at radius 2 is 2.00 bits per heavy atom. The fourth-order valence-corrected chi connectivity index (χ4v) is 5.88. The average Bonchev–Trinajstić information content (AvgIpc) is 2.92. The summed E-state index contributed by atoms with van der Waals surface area (Å²) in [5.74, 6) is 0. The number of nitrogens with two attached hydrogens (primary N) is 1. The lowest BCUT2D eigenvalue weighted by Gasteiger charge is -2.19. The number of benzene rings is 1. The molecule has 2 heterocycles. The van der Waals surface area contributed by atoms with Crippen LogP contribution in [0.1, 0.15) is 5.56 Å². The van der Waals surface area contributed by atoms with Gasteiger partial charge in [-0.25, -0.2) is 8.42 Å². The van der Waals surface area contributed by atoms with Crippen molar-refractivity contribution in [1.29, 1.82) is 0 Å². The van der Waals surface area contributed by atoms with Crippen LogP contribution in [0.15, 0.2) is 29.2 Å². The van der Waals surface area contributed by atoms with E-state index >= 15 is 0 Å². The van der Waals surface area contributed by atoms with Crippen molar-refractivity contribution in [3.05, 3.63) is 38.5 Å². The molecule has 1 aromatic heterocycles. The van der Waals surface area contributed by atoms with Crippen LogP contribution in [0.2, 0.25) is 8.67 Å². The molecule has 2 N–H and O–H groups in total. The molecule has 0 bridgehead atoms. The van der Waals surface area contributed by atoms with Gasteiger partial charge in [0.2, 0.25) is 0 Å². The lowest BCUT2D eigenvalue weighted by atomic mass is 10.1. The number of hydrogen-bond acceptors (Lipinski definition) is 4. The van der Waals surface area contributed by atoms with Gasteiger partial charge in [0.1, 0.15) is 9.23 Å². The van der Waals surface area contributed by atoms with E-state index in [0.29, 0.717) is 28.7 Å². The van der Waals surface area contributed by atoms with Crippen molar-refractivity contribution in [1.82, 2.24) is 0 Å². The van der Waals surface area contributed by atoms with E-state index in [1.165, 1.54) is 10.4 Å². The highest BCUT2D eigenvalue weighted by Gasteiger charge is 2.33. The van der Waals surface area contributed by atoms with Gasteiger partial charge in [-0.2, -0.15) is 0 Å². The molecule has 8 heteroatoms. The van der Waals surface area contributed by atoms with Gasteiger partial charge >= 0.3 is 0 Å². The van der Waals surface area contributed by atoms with E-state index in [1.54, 1.807) is 18.2 Å². The largest absolute Gasteiger partial charge is 0.399 e. The van der Waals surface area contributed by atoms with E-state index in [9.17, 15) is 8.42 Å². The monoisotopic (exact) mass is 348 g/mol. The molecule has 0 aliphatic carbocycles. The maximum Gasteiger partial charge on any atom is 0.266 e. The first-order valence-electron chi connectivity index (χ1n) is 5.75. The van der Waals surface area contributed by atoms with Gasteiger partial charge in [0, 0.05) is 12.2 Å². The van der Waals surface area contributed by atoms with Crippen molar-refractivity contribution in [2.24, 2.45) is 0 Å². The molecule has 4 nitrogen and oxygen atoms in total. The van der Waals surface area contributed by atoms with Gasteiger partial charge in [-0.1, -0.05) is 23.2 Å². The van der Waals surface area contributed by atoms with Crippen molar-refractivity contribution in [3.8, 4) is 0 Å². The van der Waals surface area contributed by atoms with Gasteiger partial charge in [0.05, 0.1) is 10.0 Å². The first-order chi connectivity index (χ1) is 9.39. The zero-order valence-electron chi connectivity index (χ0n) is 10.1. The van der Waals surface area contributed by atoms with Crippen LogP contribution in [0.25, 0.3) is 0 Å². The number of fused-ring (bicyclic) bond motifs is 1. The molecule has 0 radical (unpaired) electrons. The first kappa shape index (κ1) is 14.0. The first-order valence-corrected chi connectivity index (χ1v) is 8.77. The minimum atomic E-state index is -3.69. The van der Waals surface area contributed by atoms with Crippen LogP contribution in [-0.2, 0) is 16.4 Å². The summed E-state index contributed by atoms with van der Waals surface area (Å²) in [6, 6.07) is 6.60. The Hall–Kier alpha value is -0.950. The average molecular weight is 349 g/mol. The predicted octanol–water partition coefficient (Wildman–Crippen LogP) is 3.39. The molecule has 0 saturated carbocycles. The molecular formula is C12H10Cl2N2O2S2. The van der Waals surface area contributed by atoms with E-state index in [0.717, 1.165) is 16.9 Å². The Labute approximate surface area is 130 Å². The fraction of sp³-hybridized carbons (Fsp3) is 0.167. The van der Waals surface area contributed by atoms with Gasteiger partial charge in [-0.15, -0.1) is 11.3 Å². The van der Waals surface area contributed by atoms with Crippen LogP contribution in [0.5, 0.6) is 0 Å². The molecule has 3 rings (SSSR count). The molecule has 2 aromatic rings. The Bertz CT molecular complexity index is 787. The molecule has 1 aromatic carbocycles. The summed E-state index contributed by atoms with van der Waals surface area (Å²) in [5.41, 5.74) is 7.92. The van der Waals surface area contributed by atoms with Crippen LogP contribution >= 0.6 is 34.5 Å². The van der Waals surface area contributed by atoms with E-state index < -0.39 is 10.0 Å². The summed E-state index contributed by atoms with van der Waals surface area (Å²) < 4.78 is 27.2. The number of sulfonamides is 1. The summed E-state index contributed by atoms with van der Waals surface area (Å²) in [7, 11) is -3.69. The van der Waals surface area contributed by atoms with Gasteiger partial charge in [-0.05, 0) is 36.2 Å². The number of nitrogens with zero attached hydrogens (tertiary/aromatic N) is 1. The maximum atomic E-state index is 12.7. The van der Waals surface area contributed by atoms with Crippen LogP contribution in [-0.4, -0.2) is 15.0 Å². The number of hydrogen-bond donors (Lipinski definition) is 1. The van der Waals surface area contributed by atoms with E-state index in [1.807, 2.05) is 0 Å². The van der Waals surface area contributed by atoms with E-state index in [-0.39, 0.29) is 9.23 Å². The molecule has 0 unspecified atom stereocenters. The Kier molecular flexibility index (Phi) is 3.36. The van der Waals surface area contributed by atoms with Gasteiger partial charge in [0.15, 0.2) is 0 Å². The van der Waals surface area contributed by atoms with Crippen LogP contribution < -0.4 is 10.0 Å². The molecule has 106 valence electrons. The molecule has 0 spiro atoms. The summed E-state index contributed by atoms with van der Waals surface area (Å²) in [6.45, 7) is 0.380. The Morgan fingerprint density at radius 3 is 2.65 bits per heavy atom.